The van der Waals surface area contributed by atoms with E-state index in [4.69, 9.17) is 10.2 Å². The Bertz CT molecular complexity index is 1420. The van der Waals surface area contributed by atoms with Crippen molar-refractivity contribution < 1.29 is 4.80 Å². The van der Waals surface area contributed by atoms with Crippen molar-refractivity contribution in [1.29, 1.82) is 0 Å². The van der Waals surface area contributed by atoms with Gasteiger partial charge in [-0.3, -0.25) is 0 Å². The molecule has 0 N–H and O–H groups in total. The Labute approximate surface area is 192 Å². The normalized spacial score (nSPS) is 11.2. The molecule has 0 aliphatic rings. The zero-order chi connectivity index (χ0) is 22.6. The number of hydrogen-bond acceptors (Lipinski definition) is 4. The summed E-state index contributed by atoms with van der Waals surface area (Å²) in [4.78, 5) is 3.65. The molecule has 0 amide bonds. The molecule has 5 aromatic rings. The first kappa shape index (κ1) is 20.5. The lowest BCUT2D eigenvalue weighted by atomic mass is 10.2. The highest BCUT2D eigenvalue weighted by molar-refractivity contribution is 5.53. The zero-order valence-corrected chi connectivity index (χ0v) is 18.5. The van der Waals surface area contributed by atoms with Crippen LogP contribution in [0.15, 0.2) is 113 Å². The van der Waals surface area contributed by atoms with Crippen molar-refractivity contribution in [2.75, 3.05) is 0 Å². The number of rotatable bonds is 5. The van der Waals surface area contributed by atoms with E-state index in [1.54, 1.807) is 0 Å². The Balaban J connectivity index is 1.56. The van der Waals surface area contributed by atoms with Crippen LogP contribution in [0.5, 0.6) is 0 Å². The number of tetrazole rings is 1. The summed E-state index contributed by atoms with van der Waals surface area (Å²) in [6.07, 6.45) is 0. The maximum atomic E-state index is 4.84. The van der Waals surface area contributed by atoms with Gasteiger partial charge < -0.3 is 0 Å². The third-order valence-electron chi connectivity index (χ3n) is 5.36. The molecule has 33 heavy (non-hydrogen) atoms. The second-order valence-corrected chi connectivity index (χ2v) is 7.76. The minimum atomic E-state index is 0.655. The molecule has 6 nitrogen and oxygen atoms in total. The minimum Gasteiger partial charge on any atom is -0.151 e. The quantitative estimate of drug-likeness (QED) is 0.244. The number of aryl methyl sites for hydroxylation is 2. The third kappa shape index (κ3) is 4.32. The van der Waals surface area contributed by atoms with Crippen molar-refractivity contribution >= 4 is 11.4 Å². The van der Waals surface area contributed by atoms with Crippen LogP contribution in [0.1, 0.15) is 11.1 Å². The molecule has 0 aliphatic carbocycles. The van der Waals surface area contributed by atoms with Crippen LogP contribution in [-0.4, -0.2) is 15.0 Å². The molecule has 0 spiro atoms. The maximum absolute atomic E-state index is 4.84. The van der Waals surface area contributed by atoms with E-state index in [2.05, 4.69) is 10.2 Å². The molecule has 1 aromatic heterocycles. The molecule has 0 aliphatic heterocycles. The first-order valence-electron chi connectivity index (χ1n) is 10.8. The third-order valence-corrected chi connectivity index (χ3v) is 5.36. The number of para-hydroxylation sites is 1. The van der Waals surface area contributed by atoms with Crippen molar-refractivity contribution in [2.45, 2.75) is 13.8 Å². The number of nitrogens with zero attached hydrogens (tertiary/aromatic N) is 6. The Morgan fingerprint density at radius 2 is 1.39 bits per heavy atom. The number of hydrogen-bond donors (Lipinski definition) is 0. The van der Waals surface area contributed by atoms with Gasteiger partial charge in [-0.25, -0.2) is 0 Å². The van der Waals surface area contributed by atoms with Crippen LogP contribution in [0.4, 0.5) is 11.4 Å². The van der Waals surface area contributed by atoms with Crippen LogP contribution in [0.25, 0.3) is 22.8 Å². The monoisotopic (exact) mass is 431 g/mol. The molecule has 0 saturated heterocycles. The van der Waals surface area contributed by atoms with E-state index >= 15 is 0 Å². The fraction of sp³-hybridized carbons (Fsp3) is 0.0741. The summed E-state index contributed by atoms with van der Waals surface area (Å²) < 4.78 is 0. The van der Waals surface area contributed by atoms with E-state index in [1.807, 2.05) is 127 Å². The fourth-order valence-electron chi connectivity index (χ4n) is 3.58. The molecule has 0 unspecified atom stereocenters. The second kappa shape index (κ2) is 8.96. The molecule has 0 saturated carbocycles. The molecular weight excluding hydrogens is 408 g/mol. The maximum Gasteiger partial charge on any atom is 0.340 e. The topological polar surface area (TPSA) is 59.3 Å². The van der Waals surface area contributed by atoms with Gasteiger partial charge >= 0.3 is 5.82 Å². The van der Waals surface area contributed by atoms with Gasteiger partial charge in [0.2, 0.25) is 0 Å². The van der Waals surface area contributed by atoms with Crippen LogP contribution < -0.4 is 4.80 Å². The van der Waals surface area contributed by atoms with Gasteiger partial charge in [-0.15, -0.1) is 0 Å². The number of benzene rings is 4. The highest BCUT2D eigenvalue weighted by atomic mass is 15.7. The molecule has 5 rings (SSSR count). The van der Waals surface area contributed by atoms with E-state index in [0.29, 0.717) is 5.82 Å². The first-order chi connectivity index (χ1) is 16.2. The van der Waals surface area contributed by atoms with E-state index in [-0.39, 0.29) is 0 Å². The smallest absolute Gasteiger partial charge is 0.151 e. The second-order valence-electron chi connectivity index (χ2n) is 7.76. The fourth-order valence-corrected chi connectivity index (χ4v) is 3.58. The molecule has 0 bridgehead atoms. The standard InChI is InChI=1S/C27H23N6/c1-20-11-9-10-16-25(20)29-28-23-17-18-26(21(2)19-23)33-31-27(22-12-5-3-6-13-22)30-32(33)24-14-7-4-8-15-24/h3-19H,1-2H3/q+1. The Morgan fingerprint density at radius 1 is 0.697 bits per heavy atom. The van der Waals surface area contributed by atoms with E-state index in [9.17, 15) is 0 Å². The summed E-state index contributed by atoms with van der Waals surface area (Å²) >= 11 is 0. The lowest BCUT2D eigenvalue weighted by Crippen LogP contribution is -2.43. The average Bonchev–Trinajstić information content (AvgIpc) is 3.30. The summed E-state index contributed by atoms with van der Waals surface area (Å²) in [5.74, 6) is 0.655. The average molecular weight is 432 g/mol. The molecule has 6 heteroatoms. The summed E-state index contributed by atoms with van der Waals surface area (Å²) in [7, 11) is 0. The molecule has 0 fully saturated rings. The molecule has 0 atom stereocenters. The summed E-state index contributed by atoms with van der Waals surface area (Å²) in [6, 6.07) is 33.9. The summed E-state index contributed by atoms with van der Waals surface area (Å²) in [5.41, 5.74) is 6.57. The highest BCUT2D eigenvalue weighted by Gasteiger charge is 2.24. The number of aromatic nitrogens is 4. The number of azo groups is 1. The Hall–Kier alpha value is -4.45. The van der Waals surface area contributed by atoms with E-state index in [1.165, 1.54) is 0 Å². The molecule has 1 heterocycles. The van der Waals surface area contributed by atoms with Crippen molar-refractivity contribution in [3.63, 3.8) is 0 Å². The van der Waals surface area contributed by atoms with Crippen LogP contribution in [0.2, 0.25) is 0 Å². The van der Waals surface area contributed by atoms with Gasteiger partial charge in [0.15, 0.2) is 5.69 Å². The predicted molar refractivity (Wildman–Crippen MR) is 128 cm³/mol. The van der Waals surface area contributed by atoms with Gasteiger partial charge in [-0.1, -0.05) is 54.6 Å². The SMILES string of the molecule is Cc1ccccc1N=Nc1ccc(-[n+]2nc(-c3ccccc3)nn2-c2ccccc2)c(C)c1. The van der Waals surface area contributed by atoms with Crippen LogP contribution in [0, 0.1) is 13.8 Å². The largest absolute Gasteiger partial charge is 0.340 e. The summed E-state index contributed by atoms with van der Waals surface area (Å²) in [5, 5.41) is 18.5. The minimum absolute atomic E-state index is 0.655. The van der Waals surface area contributed by atoms with Gasteiger partial charge in [0.25, 0.3) is 0 Å². The zero-order valence-electron chi connectivity index (χ0n) is 18.5. The van der Waals surface area contributed by atoms with Crippen molar-refractivity contribution in [2.24, 2.45) is 10.2 Å². The van der Waals surface area contributed by atoms with Crippen LogP contribution >= 0.6 is 0 Å². The molecule has 0 radical (unpaired) electrons. The van der Waals surface area contributed by atoms with Crippen LogP contribution in [-0.2, 0) is 0 Å². The van der Waals surface area contributed by atoms with Crippen molar-refractivity contribution in [3.05, 3.63) is 114 Å². The predicted octanol–water partition coefficient (Wildman–Crippen LogP) is 6.24. The lowest BCUT2D eigenvalue weighted by molar-refractivity contribution is -0.734. The van der Waals surface area contributed by atoms with Gasteiger partial charge in [-0.05, 0) is 77.8 Å². The van der Waals surface area contributed by atoms with Gasteiger partial charge in [0.1, 0.15) is 5.69 Å². The molecule has 160 valence electrons. The van der Waals surface area contributed by atoms with E-state index in [0.717, 1.165) is 39.4 Å². The highest BCUT2D eigenvalue weighted by Crippen LogP contribution is 2.24. The van der Waals surface area contributed by atoms with Gasteiger partial charge in [-0.2, -0.15) is 10.2 Å². The molecular formula is C27H23N6+. The van der Waals surface area contributed by atoms with Gasteiger partial charge in [0, 0.05) is 10.4 Å². The van der Waals surface area contributed by atoms with Crippen molar-refractivity contribution in [1.82, 2.24) is 15.0 Å². The Morgan fingerprint density at radius 3 is 2.12 bits per heavy atom. The first-order valence-corrected chi connectivity index (χ1v) is 10.8. The lowest BCUT2D eigenvalue weighted by Gasteiger charge is -2.04. The van der Waals surface area contributed by atoms with Crippen LogP contribution in [0.3, 0.4) is 0 Å². The van der Waals surface area contributed by atoms with Gasteiger partial charge in [0.05, 0.1) is 22.0 Å². The van der Waals surface area contributed by atoms with Crippen molar-refractivity contribution in [3.8, 4) is 22.8 Å². The summed E-state index contributed by atoms with van der Waals surface area (Å²) in [6.45, 7) is 4.07. The van der Waals surface area contributed by atoms with E-state index < -0.39 is 0 Å². The molecule has 4 aromatic carbocycles. The Kier molecular flexibility index (Phi) is 5.55.